The Labute approximate surface area is 80.5 Å². The Morgan fingerprint density at radius 2 is 2.25 bits per heavy atom. The van der Waals surface area contributed by atoms with Crippen molar-refractivity contribution in [1.82, 2.24) is 4.98 Å². The molecule has 0 aliphatic heterocycles. The number of carbonyl (C=O) groups excluding carboxylic acids is 1. The van der Waals surface area contributed by atoms with Gasteiger partial charge in [-0.15, -0.1) is 0 Å². The molecule has 0 atom stereocenters. The van der Waals surface area contributed by atoms with Gasteiger partial charge in [0, 0.05) is 12.6 Å². The Bertz CT molecular complexity index is 312. The van der Waals surface area contributed by atoms with Gasteiger partial charge in [0.25, 0.3) is 0 Å². The van der Waals surface area contributed by atoms with E-state index in [4.69, 9.17) is 23.2 Å². The normalized spacial score (nSPS) is 9.92. The van der Waals surface area contributed by atoms with Crippen molar-refractivity contribution in [3.63, 3.8) is 0 Å². The number of pyridine rings is 1. The molecule has 0 bridgehead atoms. The predicted octanol–water partition coefficient (Wildman–Crippen LogP) is 2.52. The van der Waals surface area contributed by atoms with E-state index in [0.29, 0.717) is 15.7 Å². The van der Waals surface area contributed by atoms with Crippen LogP contribution in [0.4, 0.5) is 0 Å². The second-order valence-corrected chi connectivity index (χ2v) is 3.30. The van der Waals surface area contributed by atoms with E-state index in [2.05, 4.69) is 4.98 Å². The van der Waals surface area contributed by atoms with Crippen LogP contribution < -0.4 is 0 Å². The van der Waals surface area contributed by atoms with E-state index in [-0.39, 0.29) is 12.2 Å². The van der Waals surface area contributed by atoms with Crippen LogP contribution in [0.2, 0.25) is 10.0 Å². The van der Waals surface area contributed by atoms with E-state index in [0.717, 1.165) is 0 Å². The van der Waals surface area contributed by atoms with E-state index in [9.17, 15) is 4.79 Å². The lowest BCUT2D eigenvalue weighted by atomic mass is 10.2. The summed E-state index contributed by atoms with van der Waals surface area (Å²) >= 11 is 11.4. The van der Waals surface area contributed by atoms with Gasteiger partial charge in [-0.2, -0.15) is 0 Å². The zero-order chi connectivity index (χ0) is 9.14. The molecule has 0 aromatic carbocycles. The fourth-order valence-corrected chi connectivity index (χ4v) is 1.26. The topological polar surface area (TPSA) is 30.0 Å². The molecular formula is C8H7Cl2NO. The van der Waals surface area contributed by atoms with Crippen molar-refractivity contribution in [2.75, 3.05) is 0 Å². The van der Waals surface area contributed by atoms with Gasteiger partial charge in [0.15, 0.2) is 0 Å². The maximum absolute atomic E-state index is 10.7. The van der Waals surface area contributed by atoms with Crippen molar-refractivity contribution in [2.24, 2.45) is 0 Å². The third-order valence-electron chi connectivity index (χ3n) is 1.30. The number of halogens is 2. The number of hydrogen-bond acceptors (Lipinski definition) is 2. The molecule has 0 radical (unpaired) electrons. The molecule has 0 aliphatic carbocycles. The molecule has 4 heteroatoms. The molecule has 2 nitrogen and oxygen atoms in total. The zero-order valence-electron chi connectivity index (χ0n) is 6.47. The molecular weight excluding hydrogens is 197 g/mol. The lowest BCUT2D eigenvalue weighted by Crippen LogP contribution is -1.99. The van der Waals surface area contributed by atoms with Gasteiger partial charge in [0.05, 0.1) is 15.7 Å². The highest BCUT2D eigenvalue weighted by Gasteiger charge is 2.04. The van der Waals surface area contributed by atoms with Crippen LogP contribution in [0.3, 0.4) is 0 Å². The molecule has 1 rings (SSSR count). The second-order valence-electron chi connectivity index (χ2n) is 2.46. The molecule has 0 N–H and O–H groups in total. The zero-order valence-corrected chi connectivity index (χ0v) is 7.99. The molecule has 12 heavy (non-hydrogen) atoms. The van der Waals surface area contributed by atoms with E-state index >= 15 is 0 Å². The third-order valence-corrected chi connectivity index (χ3v) is 1.83. The number of nitrogens with zero attached hydrogens (tertiary/aromatic N) is 1. The largest absolute Gasteiger partial charge is 0.300 e. The minimum absolute atomic E-state index is 0.0340. The summed E-state index contributed by atoms with van der Waals surface area (Å²) in [6.07, 6.45) is 1.74. The van der Waals surface area contributed by atoms with Gasteiger partial charge < -0.3 is 0 Å². The lowest BCUT2D eigenvalue weighted by Gasteiger charge is -1.99. The Morgan fingerprint density at radius 1 is 1.58 bits per heavy atom. The smallest absolute Gasteiger partial charge is 0.135 e. The number of carbonyl (C=O) groups is 1. The van der Waals surface area contributed by atoms with Crippen molar-refractivity contribution in [3.8, 4) is 0 Å². The van der Waals surface area contributed by atoms with Crippen LogP contribution >= 0.6 is 23.2 Å². The maximum Gasteiger partial charge on any atom is 0.135 e. The molecule has 0 saturated carbocycles. The van der Waals surface area contributed by atoms with Crippen LogP contribution in [0.5, 0.6) is 0 Å². The molecule has 1 heterocycles. The van der Waals surface area contributed by atoms with Gasteiger partial charge in [-0.1, -0.05) is 23.2 Å². The maximum atomic E-state index is 10.7. The highest BCUT2D eigenvalue weighted by molar-refractivity contribution is 6.34. The molecule has 1 aromatic rings. The Hall–Kier alpha value is -0.600. The number of Topliss-reactive ketones (excluding diaryl/α,β-unsaturated/α-hetero) is 1. The van der Waals surface area contributed by atoms with Crippen LogP contribution in [0.25, 0.3) is 0 Å². The fraction of sp³-hybridized carbons (Fsp3) is 0.250. The number of rotatable bonds is 2. The standard InChI is InChI=1S/C8H7Cl2NO/c1-5(12)2-8-7(10)3-6(9)4-11-8/h3-4H,2H2,1H3. The lowest BCUT2D eigenvalue weighted by molar-refractivity contribution is -0.116. The first-order valence-electron chi connectivity index (χ1n) is 3.39. The summed E-state index contributed by atoms with van der Waals surface area (Å²) in [7, 11) is 0. The molecule has 64 valence electrons. The molecule has 0 unspecified atom stereocenters. The Kier molecular flexibility index (Phi) is 3.06. The van der Waals surface area contributed by atoms with Crippen molar-refractivity contribution in [2.45, 2.75) is 13.3 Å². The van der Waals surface area contributed by atoms with E-state index in [1.54, 1.807) is 6.07 Å². The van der Waals surface area contributed by atoms with Gasteiger partial charge >= 0.3 is 0 Å². The summed E-state index contributed by atoms with van der Waals surface area (Å²) in [5.41, 5.74) is 0.577. The van der Waals surface area contributed by atoms with Crippen LogP contribution in [0.1, 0.15) is 12.6 Å². The molecule has 0 saturated heterocycles. The summed E-state index contributed by atoms with van der Waals surface area (Å²) in [5, 5.41) is 0.921. The molecule has 0 aliphatic rings. The predicted molar refractivity (Wildman–Crippen MR) is 48.6 cm³/mol. The summed E-state index contributed by atoms with van der Waals surface area (Å²) < 4.78 is 0. The minimum atomic E-state index is 0.0340. The van der Waals surface area contributed by atoms with Crippen LogP contribution in [0.15, 0.2) is 12.3 Å². The highest BCUT2D eigenvalue weighted by atomic mass is 35.5. The summed E-state index contributed by atoms with van der Waals surface area (Å²) in [5.74, 6) is 0.0340. The highest BCUT2D eigenvalue weighted by Crippen LogP contribution is 2.18. The number of ketones is 1. The SMILES string of the molecule is CC(=O)Cc1ncc(Cl)cc1Cl. The average molecular weight is 204 g/mol. The van der Waals surface area contributed by atoms with Crippen molar-refractivity contribution in [1.29, 1.82) is 0 Å². The summed E-state index contributed by atoms with van der Waals surface area (Å²) in [4.78, 5) is 14.7. The van der Waals surface area contributed by atoms with Crippen molar-refractivity contribution in [3.05, 3.63) is 28.0 Å². The first-order chi connectivity index (χ1) is 5.59. The van der Waals surface area contributed by atoms with Gasteiger partial charge in [-0.05, 0) is 13.0 Å². The van der Waals surface area contributed by atoms with Gasteiger partial charge in [0.2, 0.25) is 0 Å². The average Bonchev–Trinajstić information content (AvgIpc) is 1.94. The van der Waals surface area contributed by atoms with Crippen LogP contribution in [-0.2, 0) is 11.2 Å². The quantitative estimate of drug-likeness (QED) is 0.740. The van der Waals surface area contributed by atoms with E-state index in [1.807, 2.05) is 0 Å². The number of hydrogen-bond donors (Lipinski definition) is 0. The molecule has 0 spiro atoms. The van der Waals surface area contributed by atoms with Gasteiger partial charge in [0.1, 0.15) is 5.78 Å². The Morgan fingerprint density at radius 3 is 2.75 bits per heavy atom. The van der Waals surface area contributed by atoms with Crippen molar-refractivity contribution >= 4 is 29.0 Å². The van der Waals surface area contributed by atoms with Crippen LogP contribution in [-0.4, -0.2) is 10.8 Å². The van der Waals surface area contributed by atoms with E-state index in [1.165, 1.54) is 13.1 Å². The molecule has 0 amide bonds. The fourth-order valence-electron chi connectivity index (χ4n) is 0.809. The monoisotopic (exact) mass is 203 g/mol. The summed E-state index contributed by atoms with van der Waals surface area (Å²) in [6, 6.07) is 1.58. The minimum Gasteiger partial charge on any atom is -0.300 e. The van der Waals surface area contributed by atoms with Crippen molar-refractivity contribution < 1.29 is 4.79 Å². The first kappa shape index (κ1) is 9.49. The Balaban J connectivity index is 2.93. The van der Waals surface area contributed by atoms with E-state index < -0.39 is 0 Å². The second kappa shape index (κ2) is 3.87. The first-order valence-corrected chi connectivity index (χ1v) is 4.14. The third kappa shape index (κ3) is 2.47. The van der Waals surface area contributed by atoms with Crippen LogP contribution in [0, 0.1) is 0 Å². The van der Waals surface area contributed by atoms with Gasteiger partial charge in [-0.25, -0.2) is 0 Å². The summed E-state index contributed by atoms with van der Waals surface area (Å²) in [6.45, 7) is 1.49. The number of aromatic nitrogens is 1. The molecule has 1 aromatic heterocycles. The van der Waals surface area contributed by atoms with Gasteiger partial charge in [-0.3, -0.25) is 9.78 Å². The molecule has 0 fully saturated rings.